The summed E-state index contributed by atoms with van der Waals surface area (Å²) < 4.78 is 6.34. The highest BCUT2D eigenvalue weighted by Gasteiger charge is 2.22. The fourth-order valence-corrected chi connectivity index (χ4v) is 2.13. The van der Waals surface area contributed by atoms with Crippen molar-refractivity contribution in [2.45, 2.75) is 13.5 Å². The number of nitro benzene ring substituents is 1. The van der Waals surface area contributed by atoms with Gasteiger partial charge >= 0.3 is 5.97 Å². The van der Waals surface area contributed by atoms with Crippen LogP contribution in [-0.2, 0) is 11.3 Å². The summed E-state index contributed by atoms with van der Waals surface area (Å²) in [5, 5.41) is 11.4. The lowest BCUT2D eigenvalue weighted by molar-refractivity contribution is -0.384. The molecule has 0 aliphatic carbocycles. The number of hydrogen-bond donors (Lipinski definition) is 1. The largest absolute Gasteiger partial charge is 0.465 e. The first-order valence-electron chi connectivity index (χ1n) is 5.65. The summed E-state index contributed by atoms with van der Waals surface area (Å²) in [7, 11) is 1.27. The highest BCUT2D eigenvalue weighted by atomic mass is 16.6. The molecular weight excluding hydrogens is 250 g/mol. The Morgan fingerprint density at radius 2 is 2.21 bits per heavy atom. The van der Waals surface area contributed by atoms with Crippen LogP contribution in [0.1, 0.15) is 17.3 Å². The lowest BCUT2D eigenvalue weighted by Crippen LogP contribution is -2.07. The van der Waals surface area contributed by atoms with E-state index in [4.69, 9.17) is 10.5 Å². The van der Waals surface area contributed by atoms with Gasteiger partial charge in [-0.05, 0) is 13.0 Å². The number of hydrogen-bond acceptors (Lipinski definition) is 5. The molecule has 7 nitrogen and oxygen atoms in total. The van der Waals surface area contributed by atoms with E-state index in [1.54, 1.807) is 4.57 Å². The number of aromatic nitrogens is 1. The second kappa shape index (κ2) is 4.60. The molecule has 1 aromatic carbocycles. The molecule has 0 bridgehead atoms. The number of aryl methyl sites for hydroxylation is 1. The van der Waals surface area contributed by atoms with Crippen molar-refractivity contribution < 1.29 is 14.5 Å². The Morgan fingerprint density at radius 3 is 2.74 bits per heavy atom. The van der Waals surface area contributed by atoms with Gasteiger partial charge in [-0.3, -0.25) is 10.1 Å². The summed E-state index contributed by atoms with van der Waals surface area (Å²) in [5.41, 5.74) is 6.67. The Hall–Kier alpha value is -2.57. The van der Waals surface area contributed by atoms with Crippen molar-refractivity contribution in [2.24, 2.45) is 0 Å². The third-order valence-corrected chi connectivity index (χ3v) is 3.00. The summed E-state index contributed by atoms with van der Waals surface area (Å²) in [6, 6.07) is 4.26. The second-order valence-corrected chi connectivity index (χ2v) is 3.95. The maximum Gasteiger partial charge on any atom is 0.342 e. The number of nitrogens with two attached hydrogens (primary N) is 1. The topological polar surface area (TPSA) is 100 Å². The predicted molar refractivity (Wildman–Crippen MR) is 70.0 cm³/mol. The molecule has 2 rings (SSSR count). The van der Waals surface area contributed by atoms with Gasteiger partial charge < -0.3 is 15.0 Å². The normalized spacial score (nSPS) is 10.6. The van der Waals surface area contributed by atoms with E-state index >= 15 is 0 Å². The van der Waals surface area contributed by atoms with E-state index in [2.05, 4.69) is 0 Å². The summed E-state index contributed by atoms with van der Waals surface area (Å²) in [6.45, 7) is 2.34. The van der Waals surface area contributed by atoms with Gasteiger partial charge in [-0.25, -0.2) is 4.79 Å². The number of carbonyl (C=O) groups excluding carboxylic acids is 1. The van der Waals surface area contributed by atoms with Gasteiger partial charge in [0.25, 0.3) is 5.69 Å². The number of esters is 1. The molecule has 1 heterocycles. The lowest BCUT2D eigenvalue weighted by Gasteiger charge is -2.03. The summed E-state index contributed by atoms with van der Waals surface area (Å²) in [6.07, 6.45) is 0. The first-order valence-corrected chi connectivity index (χ1v) is 5.65. The molecule has 2 N–H and O–H groups in total. The Bertz CT molecular complexity index is 675. The average Bonchev–Trinajstić information content (AvgIpc) is 2.68. The van der Waals surface area contributed by atoms with Crippen molar-refractivity contribution in [3.05, 3.63) is 33.9 Å². The van der Waals surface area contributed by atoms with E-state index in [9.17, 15) is 14.9 Å². The molecular formula is C12H13N3O4. The van der Waals surface area contributed by atoms with E-state index < -0.39 is 10.9 Å². The first kappa shape index (κ1) is 12.9. The van der Waals surface area contributed by atoms with Crippen LogP contribution >= 0.6 is 0 Å². The summed E-state index contributed by atoms with van der Waals surface area (Å²) in [5.74, 6) is -0.298. The molecule has 0 atom stereocenters. The number of carbonyl (C=O) groups is 1. The van der Waals surface area contributed by atoms with Gasteiger partial charge in [0.1, 0.15) is 11.4 Å². The summed E-state index contributed by atoms with van der Waals surface area (Å²) >= 11 is 0. The zero-order valence-corrected chi connectivity index (χ0v) is 10.5. The Labute approximate surface area is 108 Å². The van der Waals surface area contributed by atoms with Crippen LogP contribution in [0.5, 0.6) is 0 Å². The van der Waals surface area contributed by atoms with E-state index in [0.717, 1.165) is 0 Å². The molecule has 0 spiro atoms. The van der Waals surface area contributed by atoms with Crippen molar-refractivity contribution in [1.82, 2.24) is 4.57 Å². The number of nitro groups is 1. The van der Waals surface area contributed by atoms with Crippen molar-refractivity contribution in [2.75, 3.05) is 12.8 Å². The highest BCUT2D eigenvalue weighted by molar-refractivity contribution is 6.09. The number of methoxy groups -OCH3 is 1. The van der Waals surface area contributed by atoms with E-state index in [-0.39, 0.29) is 17.1 Å². The standard InChI is InChI=1S/C12H13N3O4/c1-3-14-9-6-7(15(17)18)4-5-8(9)10(11(14)13)12(16)19-2/h4-6H,3,13H2,1-2H3. The molecule has 0 amide bonds. The van der Waals surface area contributed by atoms with Gasteiger partial charge in [0.2, 0.25) is 0 Å². The predicted octanol–water partition coefficient (Wildman–Crippen LogP) is 1.94. The molecule has 0 aliphatic rings. The van der Waals surface area contributed by atoms with Crippen molar-refractivity contribution in [1.29, 1.82) is 0 Å². The van der Waals surface area contributed by atoms with E-state index in [1.807, 2.05) is 6.92 Å². The maximum atomic E-state index is 11.7. The van der Waals surface area contributed by atoms with Crippen LogP contribution in [0.25, 0.3) is 10.9 Å². The van der Waals surface area contributed by atoms with Crippen LogP contribution in [0, 0.1) is 10.1 Å². The molecule has 19 heavy (non-hydrogen) atoms. The smallest absolute Gasteiger partial charge is 0.342 e. The molecule has 0 fully saturated rings. The minimum absolute atomic E-state index is 0.0453. The number of fused-ring (bicyclic) bond motifs is 1. The van der Waals surface area contributed by atoms with Crippen LogP contribution in [-0.4, -0.2) is 22.6 Å². The second-order valence-electron chi connectivity index (χ2n) is 3.95. The number of non-ortho nitro benzene ring substituents is 1. The van der Waals surface area contributed by atoms with Gasteiger partial charge in [-0.1, -0.05) is 0 Å². The molecule has 0 saturated heterocycles. The van der Waals surface area contributed by atoms with Crippen LogP contribution in [0.2, 0.25) is 0 Å². The molecule has 1 aromatic heterocycles. The average molecular weight is 263 g/mol. The van der Waals surface area contributed by atoms with Gasteiger partial charge in [-0.15, -0.1) is 0 Å². The zero-order chi connectivity index (χ0) is 14.2. The molecule has 0 radical (unpaired) electrons. The number of nitrogen functional groups attached to an aromatic ring is 1. The fourth-order valence-electron chi connectivity index (χ4n) is 2.13. The number of anilines is 1. The van der Waals surface area contributed by atoms with Gasteiger partial charge in [0.15, 0.2) is 0 Å². The Balaban J connectivity index is 2.82. The number of rotatable bonds is 3. The summed E-state index contributed by atoms with van der Waals surface area (Å²) in [4.78, 5) is 22.1. The molecule has 100 valence electrons. The quantitative estimate of drug-likeness (QED) is 0.518. The van der Waals surface area contributed by atoms with Crippen molar-refractivity contribution in [3.63, 3.8) is 0 Å². The minimum Gasteiger partial charge on any atom is -0.465 e. The monoisotopic (exact) mass is 263 g/mol. The van der Waals surface area contributed by atoms with Crippen molar-refractivity contribution >= 4 is 28.4 Å². The zero-order valence-electron chi connectivity index (χ0n) is 10.5. The number of benzene rings is 1. The Morgan fingerprint density at radius 1 is 1.53 bits per heavy atom. The van der Waals surface area contributed by atoms with E-state index in [1.165, 1.54) is 25.3 Å². The molecule has 0 saturated carbocycles. The Kier molecular flexibility index (Phi) is 3.12. The number of ether oxygens (including phenoxy) is 1. The van der Waals surface area contributed by atoms with Gasteiger partial charge in [0, 0.05) is 24.1 Å². The van der Waals surface area contributed by atoms with Gasteiger partial charge in [-0.2, -0.15) is 0 Å². The number of nitrogens with zero attached hydrogens (tertiary/aromatic N) is 2. The SMILES string of the molecule is CCn1c(N)c(C(=O)OC)c2ccc([N+](=O)[O-])cc21. The van der Waals surface area contributed by atoms with Crippen LogP contribution in [0.15, 0.2) is 18.2 Å². The van der Waals surface area contributed by atoms with Crippen molar-refractivity contribution in [3.8, 4) is 0 Å². The molecule has 7 heteroatoms. The fraction of sp³-hybridized carbons (Fsp3) is 0.250. The lowest BCUT2D eigenvalue weighted by atomic mass is 10.1. The molecule has 0 unspecified atom stereocenters. The van der Waals surface area contributed by atoms with Gasteiger partial charge in [0.05, 0.1) is 17.5 Å². The first-order chi connectivity index (χ1) is 9.01. The van der Waals surface area contributed by atoms with E-state index in [0.29, 0.717) is 17.4 Å². The third-order valence-electron chi connectivity index (χ3n) is 3.00. The molecule has 0 aliphatic heterocycles. The molecule has 2 aromatic rings. The maximum absolute atomic E-state index is 11.7. The minimum atomic E-state index is -0.552. The van der Waals surface area contributed by atoms with Crippen LogP contribution in [0.4, 0.5) is 11.5 Å². The van der Waals surface area contributed by atoms with Crippen LogP contribution in [0.3, 0.4) is 0 Å². The highest BCUT2D eigenvalue weighted by Crippen LogP contribution is 2.31. The van der Waals surface area contributed by atoms with Crippen LogP contribution < -0.4 is 5.73 Å². The third kappa shape index (κ3) is 1.88.